The minimum atomic E-state index is -0.884. The van der Waals surface area contributed by atoms with Crippen LogP contribution < -0.4 is 20.9 Å². The van der Waals surface area contributed by atoms with E-state index in [1.54, 1.807) is 6.07 Å². The van der Waals surface area contributed by atoms with Gasteiger partial charge in [0.05, 0.1) is 0 Å². The summed E-state index contributed by atoms with van der Waals surface area (Å²) in [7, 11) is 0. The number of carbonyl (C=O) groups excluding carboxylic acids is 3. The van der Waals surface area contributed by atoms with Crippen molar-refractivity contribution in [2.45, 2.75) is 31.4 Å². The van der Waals surface area contributed by atoms with Crippen LogP contribution in [0, 0.1) is 0 Å². The number of para-hydroxylation sites is 1. The summed E-state index contributed by atoms with van der Waals surface area (Å²) in [5.41, 5.74) is 5.24. The Bertz CT molecular complexity index is 573. The van der Waals surface area contributed by atoms with E-state index < -0.39 is 23.8 Å². The van der Waals surface area contributed by atoms with Gasteiger partial charge in [-0.3, -0.25) is 25.2 Å². The Labute approximate surface area is 121 Å². The number of ether oxygens (including phenoxy) is 1. The maximum absolute atomic E-state index is 11.9. The molecule has 7 heteroatoms. The van der Waals surface area contributed by atoms with Gasteiger partial charge in [0.15, 0.2) is 6.10 Å². The molecule has 0 saturated heterocycles. The van der Waals surface area contributed by atoms with Crippen LogP contribution in [0.2, 0.25) is 0 Å². The van der Waals surface area contributed by atoms with Crippen LogP contribution in [0.5, 0.6) is 5.75 Å². The van der Waals surface area contributed by atoms with Crippen LogP contribution in [0.4, 0.5) is 0 Å². The summed E-state index contributed by atoms with van der Waals surface area (Å²) < 4.78 is 5.47. The first-order valence-electron chi connectivity index (χ1n) is 6.79. The van der Waals surface area contributed by atoms with Crippen molar-refractivity contribution in [2.75, 3.05) is 0 Å². The first kappa shape index (κ1) is 13.4. The van der Waals surface area contributed by atoms with Gasteiger partial charge < -0.3 is 10.1 Å². The third kappa shape index (κ3) is 3.13. The first-order valence-corrected chi connectivity index (χ1v) is 6.79. The molecule has 1 aliphatic carbocycles. The zero-order valence-corrected chi connectivity index (χ0v) is 11.2. The number of hydrogen-bond donors (Lipinski definition) is 3. The lowest BCUT2D eigenvalue weighted by Gasteiger charge is -2.12. The molecule has 0 bridgehead atoms. The number of benzene rings is 1. The average Bonchev–Trinajstić information content (AvgIpc) is 3.18. The Morgan fingerprint density at radius 2 is 1.81 bits per heavy atom. The molecule has 1 aliphatic heterocycles. The molecule has 1 heterocycles. The van der Waals surface area contributed by atoms with Crippen molar-refractivity contribution in [1.82, 2.24) is 16.2 Å². The van der Waals surface area contributed by atoms with Crippen molar-refractivity contribution in [3.05, 3.63) is 29.8 Å². The van der Waals surface area contributed by atoms with Crippen molar-refractivity contribution >= 4 is 17.7 Å². The van der Waals surface area contributed by atoms with Crippen LogP contribution in [-0.2, 0) is 20.8 Å². The van der Waals surface area contributed by atoms with Gasteiger partial charge in [-0.2, -0.15) is 0 Å². The van der Waals surface area contributed by atoms with E-state index in [1.165, 1.54) is 0 Å². The summed E-state index contributed by atoms with van der Waals surface area (Å²) in [6, 6.07) is 7.44. The van der Waals surface area contributed by atoms with Gasteiger partial charge in [0, 0.05) is 12.5 Å². The van der Waals surface area contributed by atoms with Gasteiger partial charge >= 0.3 is 11.8 Å². The molecule has 1 fully saturated rings. The topological polar surface area (TPSA) is 96.5 Å². The zero-order chi connectivity index (χ0) is 14.8. The highest BCUT2D eigenvalue weighted by Gasteiger charge is 2.30. The molecule has 2 aliphatic rings. The molecular weight excluding hydrogens is 274 g/mol. The molecule has 1 aromatic rings. The monoisotopic (exact) mass is 289 g/mol. The van der Waals surface area contributed by atoms with Crippen LogP contribution in [0.1, 0.15) is 18.4 Å². The highest BCUT2D eigenvalue weighted by Crippen LogP contribution is 2.27. The first-order chi connectivity index (χ1) is 10.1. The van der Waals surface area contributed by atoms with Gasteiger partial charge in [-0.25, -0.2) is 0 Å². The van der Waals surface area contributed by atoms with E-state index in [0.717, 1.165) is 18.4 Å². The lowest BCUT2D eigenvalue weighted by atomic mass is 10.1. The summed E-state index contributed by atoms with van der Waals surface area (Å²) in [6.45, 7) is 0. The fourth-order valence-corrected chi connectivity index (χ4v) is 2.06. The Kier molecular flexibility index (Phi) is 3.47. The zero-order valence-electron chi connectivity index (χ0n) is 11.2. The van der Waals surface area contributed by atoms with Gasteiger partial charge in [-0.15, -0.1) is 0 Å². The van der Waals surface area contributed by atoms with Crippen LogP contribution in [0.3, 0.4) is 0 Å². The van der Waals surface area contributed by atoms with E-state index in [2.05, 4.69) is 16.2 Å². The SMILES string of the molecule is O=C(NNC(=O)[C@@H]1Cc2ccccc2O1)C(=O)NC1CC1. The number of rotatable bonds is 2. The number of hydrogen-bond acceptors (Lipinski definition) is 4. The summed E-state index contributed by atoms with van der Waals surface area (Å²) >= 11 is 0. The third-order valence-electron chi connectivity index (χ3n) is 3.36. The Hall–Kier alpha value is -2.57. The van der Waals surface area contributed by atoms with Crippen molar-refractivity contribution < 1.29 is 19.1 Å². The minimum absolute atomic E-state index is 0.0895. The van der Waals surface area contributed by atoms with Crippen molar-refractivity contribution in [1.29, 1.82) is 0 Å². The largest absolute Gasteiger partial charge is 0.480 e. The lowest BCUT2D eigenvalue weighted by molar-refractivity contribution is -0.141. The summed E-state index contributed by atoms with van der Waals surface area (Å²) in [4.78, 5) is 34.8. The normalized spacial score (nSPS) is 19.1. The molecule has 3 N–H and O–H groups in total. The lowest BCUT2D eigenvalue weighted by Crippen LogP contribution is -2.52. The molecule has 21 heavy (non-hydrogen) atoms. The smallest absolute Gasteiger partial charge is 0.327 e. The number of hydrazine groups is 1. The maximum Gasteiger partial charge on any atom is 0.327 e. The summed E-state index contributed by atoms with van der Waals surface area (Å²) in [5.74, 6) is -1.45. The van der Waals surface area contributed by atoms with Gasteiger partial charge in [-0.1, -0.05) is 18.2 Å². The van der Waals surface area contributed by atoms with E-state index in [1.807, 2.05) is 18.2 Å². The minimum Gasteiger partial charge on any atom is -0.480 e. The molecule has 0 unspecified atom stereocenters. The third-order valence-corrected chi connectivity index (χ3v) is 3.36. The van der Waals surface area contributed by atoms with Crippen molar-refractivity contribution in [3.8, 4) is 5.75 Å². The molecule has 1 aromatic carbocycles. The predicted octanol–water partition coefficient (Wildman–Crippen LogP) is -0.584. The van der Waals surface area contributed by atoms with Gasteiger partial charge in [-0.05, 0) is 24.5 Å². The second-order valence-electron chi connectivity index (χ2n) is 5.11. The molecule has 0 spiro atoms. The van der Waals surface area contributed by atoms with Gasteiger partial charge in [0.25, 0.3) is 5.91 Å². The van der Waals surface area contributed by atoms with Crippen molar-refractivity contribution in [2.24, 2.45) is 0 Å². The second-order valence-corrected chi connectivity index (χ2v) is 5.11. The van der Waals surface area contributed by atoms with Gasteiger partial charge in [0.2, 0.25) is 0 Å². The molecule has 0 aromatic heterocycles. The molecule has 0 radical (unpaired) electrons. The molecule has 1 saturated carbocycles. The fourth-order valence-electron chi connectivity index (χ4n) is 2.06. The summed E-state index contributed by atoms with van der Waals surface area (Å²) in [6.07, 6.45) is 1.51. The molecule has 3 amide bonds. The fraction of sp³-hybridized carbons (Fsp3) is 0.357. The summed E-state index contributed by atoms with van der Waals surface area (Å²) in [5, 5.41) is 2.53. The standard InChI is InChI=1S/C14H15N3O4/c18-12(11-7-8-3-1-2-4-10(8)21-11)16-17-14(20)13(19)15-9-5-6-9/h1-4,9,11H,5-7H2,(H,15,19)(H,16,18)(H,17,20)/t11-/m0/s1. The van der Waals surface area contributed by atoms with E-state index >= 15 is 0 Å². The van der Waals surface area contributed by atoms with Crippen LogP contribution in [0.15, 0.2) is 24.3 Å². The van der Waals surface area contributed by atoms with E-state index in [9.17, 15) is 14.4 Å². The number of nitrogens with one attached hydrogen (secondary N) is 3. The van der Waals surface area contributed by atoms with E-state index in [-0.39, 0.29) is 6.04 Å². The Morgan fingerprint density at radius 1 is 1.05 bits per heavy atom. The molecule has 7 nitrogen and oxygen atoms in total. The van der Waals surface area contributed by atoms with Crippen molar-refractivity contribution in [3.63, 3.8) is 0 Å². The van der Waals surface area contributed by atoms with Crippen LogP contribution in [0.25, 0.3) is 0 Å². The Morgan fingerprint density at radius 3 is 2.52 bits per heavy atom. The number of fused-ring (bicyclic) bond motifs is 1. The maximum atomic E-state index is 11.9. The second kappa shape index (κ2) is 5.43. The molecule has 3 rings (SSSR count). The van der Waals surface area contributed by atoms with E-state index in [0.29, 0.717) is 12.2 Å². The molecule has 110 valence electrons. The number of carbonyl (C=O) groups is 3. The quantitative estimate of drug-likeness (QED) is 0.501. The number of amides is 3. The Balaban J connectivity index is 1.47. The molecular formula is C14H15N3O4. The van der Waals surface area contributed by atoms with Crippen LogP contribution in [-0.4, -0.2) is 29.9 Å². The highest BCUT2D eigenvalue weighted by molar-refractivity contribution is 6.35. The van der Waals surface area contributed by atoms with Gasteiger partial charge in [0.1, 0.15) is 5.75 Å². The predicted molar refractivity (Wildman–Crippen MR) is 72.0 cm³/mol. The molecule has 1 atom stereocenters. The van der Waals surface area contributed by atoms with Crippen LogP contribution >= 0.6 is 0 Å². The van der Waals surface area contributed by atoms with E-state index in [4.69, 9.17) is 4.74 Å². The average molecular weight is 289 g/mol. The highest BCUT2D eigenvalue weighted by atomic mass is 16.5.